The summed E-state index contributed by atoms with van der Waals surface area (Å²) in [6.07, 6.45) is 3.00. The van der Waals surface area contributed by atoms with E-state index in [1.54, 1.807) is 0 Å². The first-order valence-corrected chi connectivity index (χ1v) is 13.0. The fraction of sp³-hybridized carbons (Fsp3) is 0.462. The van der Waals surface area contributed by atoms with Crippen LogP contribution in [0.15, 0.2) is 59.5 Å². The lowest BCUT2D eigenvalue weighted by molar-refractivity contribution is -0.127. The molecule has 0 radical (unpaired) electrons. The van der Waals surface area contributed by atoms with Crippen LogP contribution < -0.4 is 10.2 Å². The number of rotatable bonds is 10. The lowest BCUT2D eigenvalue weighted by atomic mass is 10.1. The van der Waals surface area contributed by atoms with Crippen LogP contribution in [0.4, 0.5) is 10.5 Å². The maximum Gasteiger partial charge on any atom is 0.325 e. The Balaban J connectivity index is 1.19. The van der Waals surface area contributed by atoms with E-state index in [0.717, 1.165) is 56.9 Å². The van der Waals surface area contributed by atoms with E-state index in [1.165, 1.54) is 21.9 Å². The third-order valence-corrected chi connectivity index (χ3v) is 7.57. The molecule has 1 atom stereocenters. The number of carbonyl (C=O) groups excluding carboxylic acids is 2. The topological polar surface area (TPSA) is 55.9 Å². The number of anilines is 1. The van der Waals surface area contributed by atoms with Gasteiger partial charge in [-0.15, -0.1) is 11.8 Å². The number of nitrogens with zero attached hydrogens (tertiary/aromatic N) is 3. The molecule has 1 N–H and O–H groups in total. The Hall–Kier alpha value is -2.51. The first-order chi connectivity index (χ1) is 16.2. The lowest BCUT2D eigenvalue weighted by Gasteiger charge is -2.37. The minimum atomic E-state index is -0.551. The van der Waals surface area contributed by atoms with Gasteiger partial charge in [-0.2, -0.15) is 0 Å². The van der Waals surface area contributed by atoms with Gasteiger partial charge in [0.15, 0.2) is 0 Å². The van der Waals surface area contributed by atoms with Crippen molar-refractivity contribution in [2.24, 2.45) is 0 Å². The monoisotopic (exact) mass is 466 g/mol. The van der Waals surface area contributed by atoms with Crippen molar-refractivity contribution in [1.82, 2.24) is 15.1 Å². The van der Waals surface area contributed by atoms with Gasteiger partial charge in [0, 0.05) is 37.6 Å². The number of piperazine rings is 1. The van der Waals surface area contributed by atoms with Crippen LogP contribution in [0.5, 0.6) is 0 Å². The molecule has 0 saturated carbocycles. The third kappa shape index (κ3) is 5.89. The Labute approximate surface area is 201 Å². The van der Waals surface area contributed by atoms with Crippen molar-refractivity contribution < 1.29 is 9.59 Å². The zero-order chi connectivity index (χ0) is 23.0. The van der Waals surface area contributed by atoms with Gasteiger partial charge >= 0.3 is 6.03 Å². The number of carbonyl (C=O) groups is 2. The first-order valence-electron chi connectivity index (χ1n) is 12.0. The second-order valence-corrected chi connectivity index (χ2v) is 9.77. The Morgan fingerprint density at radius 2 is 1.61 bits per heavy atom. The first kappa shape index (κ1) is 23.6. The van der Waals surface area contributed by atoms with Crippen LogP contribution in [-0.2, 0) is 4.79 Å². The summed E-state index contributed by atoms with van der Waals surface area (Å²) >= 11 is 1.95. The molecule has 2 saturated heterocycles. The largest absolute Gasteiger partial charge is 0.368 e. The van der Waals surface area contributed by atoms with Crippen LogP contribution in [0, 0.1) is 0 Å². The molecule has 0 aromatic heterocycles. The molecule has 3 amide bonds. The van der Waals surface area contributed by atoms with Crippen LogP contribution in [0.25, 0.3) is 0 Å². The molecule has 2 aromatic rings. The number of amides is 3. The van der Waals surface area contributed by atoms with Crippen molar-refractivity contribution in [2.75, 3.05) is 49.9 Å². The van der Waals surface area contributed by atoms with Crippen molar-refractivity contribution in [3.8, 4) is 0 Å². The van der Waals surface area contributed by atoms with E-state index in [-0.39, 0.29) is 11.9 Å². The molecule has 176 valence electrons. The Morgan fingerprint density at radius 3 is 2.36 bits per heavy atom. The molecule has 2 heterocycles. The number of thioether (sulfide) groups is 1. The molecule has 33 heavy (non-hydrogen) atoms. The fourth-order valence-corrected chi connectivity index (χ4v) is 5.42. The van der Waals surface area contributed by atoms with Gasteiger partial charge in [0.25, 0.3) is 5.91 Å². The predicted molar refractivity (Wildman–Crippen MR) is 135 cm³/mol. The van der Waals surface area contributed by atoms with Gasteiger partial charge in [-0.05, 0) is 49.3 Å². The highest BCUT2D eigenvalue weighted by molar-refractivity contribution is 7.99. The fourth-order valence-electron chi connectivity index (χ4n) is 4.47. The number of hydrogen-bond donors (Lipinski definition) is 1. The summed E-state index contributed by atoms with van der Waals surface area (Å²) < 4.78 is 0. The van der Waals surface area contributed by atoms with Crippen LogP contribution >= 0.6 is 11.8 Å². The van der Waals surface area contributed by atoms with Gasteiger partial charge in [-0.3, -0.25) is 14.6 Å². The quantitative estimate of drug-likeness (QED) is 0.320. The molecule has 7 heteroatoms. The smallest absolute Gasteiger partial charge is 0.325 e. The zero-order valence-electron chi connectivity index (χ0n) is 19.4. The highest BCUT2D eigenvalue weighted by atomic mass is 32.2. The SMILES string of the molecule is CCCSc1ccccc1N1CCN(CCCCN2C(=O)N[C@H](c3ccccc3)C2=O)CC1. The van der Waals surface area contributed by atoms with Crippen molar-refractivity contribution in [3.05, 3.63) is 60.2 Å². The minimum absolute atomic E-state index is 0.139. The Kier molecular flexibility index (Phi) is 8.29. The van der Waals surface area contributed by atoms with Gasteiger partial charge in [0.2, 0.25) is 0 Å². The summed E-state index contributed by atoms with van der Waals surface area (Å²) in [5, 5.41) is 2.82. The number of nitrogens with one attached hydrogen (secondary N) is 1. The number of imide groups is 1. The average molecular weight is 467 g/mol. The van der Waals surface area contributed by atoms with E-state index in [2.05, 4.69) is 46.3 Å². The van der Waals surface area contributed by atoms with Crippen LogP contribution in [0.1, 0.15) is 37.8 Å². The standard InChI is InChI=1S/C26H34N4O2S/c1-2-20-33-23-13-7-6-12-22(23)29-18-16-28(17-19-29)14-8-9-15-30-25(31)24(27-26(30)32)21-10-4-3-5-11-21/h3-7,10-13,24H,2,8-9,14-20H2,1H3,(H,27,32)/t24-/m1/s1. The van der Waals surface area contributed by atoms with Gasteiger partial charge in [-0.1, -0.05) is 49.4 Å². The Morgan fingerprint density at radius 1 is 0.909 bits per heavy atom. The number of urea groups is 1. The van der Waals surface area contributed by atoms with Crippen LogP contribution in [-0.4, -0.2) is 66.8 Å². The highest BCUT2D eigenvalue weighted by Crippen LogP contribution is 2.31. The van der Waals surface area contributed by atoms with E-state index in [0.29, 0.717) is 6.54 Å². The lowest BCUT2D eigenvalue weighted by Crippen LogP contribution is -2.46. The third-order valence-electron chi connectivity index (χ3n) is 6.30. The molecule has 0 spiro atoms. The van der Waals surface area contributed by atoms with E-state index >= 15 is 0 Å². The molecule has 0 aliphatic carbocycles. The van der Waals surface area contributed by atoms with Gasteiger partial charge in [0.05, 0.1) is 5.69 Å². The maximum atomic E-state index is 12.7. The summed E-state index contributed by atoms with van der Waals surface area (Å²) in [5.74, 6) is 1.01. The highest BCUT2D eigenvalue weighted by Gasteiger charge is 2.38. The van der Waals surface area contributed by atoms with Gasteiger partial charge in [-0.25, -0.2) is 4.79 Å². The summed E-state index contributed by atoms with van der Waals surface area (Å²) in [6.45, 7) is 7.88. The van der Waals surface area contributed by atoms with Crippen molar-refractivity contribution in [2.45, 2.75) is 37.1 Å². The summed E-state index contributed by atoms with van der Waals surface area (Å²) in [4.78, 5) is 32.8. The maximum absolute atomic E-state index is 12.7. The van der Waals surface area contributed by atoms with E-state index in [1.807, 2.05) is 42.1 Å². The number of para-hydroxylation sites is 1. The van der Waals surface area contributed by atoms with E-state index in [4.69, 9.17) is 0 Å². The molecular formula is C26H34N4O2S. The minimum Gasteiger partial charge on any atom is -0.368 e. The van der Waals surface area contributed by atoms with E-state index < -0.39 is 6.04 Å². The van der Waals surface area contributed by atoms with Crippen molar-refractivity contribution >= 4 is 29.4 Å². The normalized spacial score (nSPS) is 19.2. The molecule has 4 rings (SSSR count). The summed E-state index contributed by atoms with van der Waals surface area (Å²) in [5.41, 5.74) is 2.20. The molecule has 0 unspecified atom stereocenters. The molecular weight excluding hydrogens is 432 g/mol. The van der Waals surface area contributed by atoms with Crippen molar-refractivity contribution in [1.29, 1.82) is 0 Å². The molecule has 2 aliphatic rings. The van der Waals surface area contributed by atoms with E-state index in [9.17, 15) is 9.59 Å². The second kappa shape index (κ2) is 11.6. The second-order valence-electron chi connectivity index (χ2n) is 8.64. The van der Waals surface area contributed by atoms with Crippen molar-refractivity contribution in [3.63, 3.8) is 0 Å². The van der Waals surface area contributed by atoms with Gasteiger partial charge < -0.3 is 10.2 Å². The number of unbranched alkanes of at least 4 members (excludes halogenated alkanes) is 1. The van der Waals surface area contributed by atoms with Crippen LogP contribution in [0.2, 0.25) is 0 Å². The number of benzene rings is 2. The summed E-state index contributed by atoms with van der Waals surface area (Å²) in [6, 6.07) is 17.4. The Bertz CT molecular complexity index is 931. The average Bonchev–Trinajstić information content (AvgIpc) is 3.15. The molecule has 6 nitrogen and oxygen atoms in total. The number of hydrogen-bond acceptors (Lipinski definition) is 5. The van der Waals surface area contributed by atoms with Crippen LogP contribution in [0.3, 0.4) is 0 Å². The summed E-state index contributed by atoms with van der Waals surface area (Å²) in [7, 11) is 0. The predicted octanol–water partition coefficient (Wildman–Crippen LogP) is 4.38. The molecule has 2 fully saturated rings. The molecule has 0 bridgehead atoms. The molecule has 2 aromatic carbocycles. The molecule has 2 aliphatic heterocycles. The zero-order valence-corrected chi connectivity index (χ0v) is 20.2. The van der Waals surface area contributed by atoms with Gasteiger partial charge in [0.1, 0.15) is 6.04 Å².